The minimum Gasteiger partial charge on any atom is -0.276 e. The number of carbonyl (C=O) groups is 2. The Kier molecular flexibility index (Phi) is 5.01. The van der Waals surface area contributed by atoms with Gasteiger partial charge in [-0.3, -0.25) is 10.1 Å². The molecule has 6 heteroatoms. The zero-order chi connectivity index (χ0) is 11.8. The lowest BCUT2D eigenvalue weighted by Crippen LogP contribution is -2.37. The number of hydrogen-bond donors (Lipinski definition) is 2. The molecule has 0 aliphatic rings. The largest absolute Gasteiger partial charge is 0.341 e. The highest BCUT2D eigenvalue weighted by Crippen LogP contribution is 1.92. The molecule has 16 heavy (non-hydrogen) atoms. The molecule has 1 rings (SSSR count). The molecule has 0 aliphatic carbocycles. The Morgan fingerprint density at radius 2 is 2.00 bits per heavy atom. The zero-order valence-electron chi connectivity index (χ0n) is 8.31. The Balaban J connectivity index is 2.37. The summed E-state index contributed by atoms with van der Waals surface area (Å²) in [5.41, 5.74) is 2.98. The maximum Gasteiger partial charge on any atom is 0.341 e. The van der Waals surface area contributed by atoms with E-state index >= 15 is 0 Å². The molecule has 0 saturated carbocycles. The molecule has 0 heterocycles. The fourth-order valence-electron chi connectivity index (χ4n) is 0.893. The highest BCUT2D eigenvalue weighted by Gasteiger charge is 2.03. The van der Waals surface area contributed by atoms with E-state index in [2.05, 4.69) is 10.5 Å². The third kappa shape index (κ3) is 4.56. The van der Waals surface area contributed by atoms with Crippen LogP contribution in [0.4, 0.5) is 4.79 Å². The molecule has 0 radical (unpaired) electrons. The number of nitrogens with one attached hydrogen (secondary N) is 2. The van der Waals surface area contributed by atoms with E-state index in [9.17, 15) is 9.59 Å². The van der Waals surface area contributed by atoms with Gasteiger partial charge in [-0.2, -0.15) is 5.10 Å². The number of rotatable bonds is 3. The maximum atomic E-state index is 11.0. The number of urea groups is 1. The number of alkyl halides is 1. The number of imide groups is 1. The molecule has 84 valence electrons. The van der Waals surface area contributed by atoms with E-state index in [-0.39, 0.29) is 5.88 Å². The van der Waals surface area contributed by atoms with Crippen molar-refractivity contribution in [2.75, 3.05) is 5.88 Å². The lowest BCUT2D eigenvalue weighted by atomic mass is 10.2. The van der Waals surface area contributed by atoms with Crippen molar-refractivity contribution in [1.82, 2.24) is 10.7 Å². The van der Waals surface area contributed by atoms with Crippen LogP contribution in [0.5, 0.6) is 0 Å². The van der Waals surface area contributed by atoms with Gasteiger partial charge in [-0.05, 0) is 5.56 Å². The van der Waals surface area contributed by atoms with E-state index in [1.54, 1.807) is 0 Å². The predicted octanol–water partition coefficient (Wildman–Crippen LogP) is 1.09. The number of nitrogens with zero attached hydrogens (tertiary/aromatic N) is 1. The first-order chi connectivity index (χ1) is 7.72. The van der Waals surface area contributed by atoms with Gasteiger partial charge in [-0.25, -0.2) is 10.2 Å². The van der Waals surface area contributed by atoms with Crippen molar-refractivity contribution in [2.24, 2.45) is 5.10 Å². The average molecular weight is 240 g/mol. The summed E-state index contributed by atoms with van der Waals surface area (Å²) in [6.45, 7) is 0. The first-order valence-corrected chi connectivity index (χ1v) is 4.99. The summed E-state index contributed by atoms with van der Waals surface area (Å²) in [7, 11) is 0. The van der Waals surface area contributed by atoms with Crippen LogP contribution in [0.25, 0.3) is 0 Å². The van der Waals surface area contributed by atoms with Gasteiger partial charge in [0.1, 0.15) is 5.88 Å². The second-order valence-corrected chi connectivity index (χ2v) is 3.06. The Morgan fingerprint density at radius 3 is 2.62 bits per heavy atom. The summed E-state index contributed by atoms with van der Waals surface area (Å²) < 4.78 is 0. The van der Waals surface area contributed by atoms with Crippen molar-refractivity contribution >= 4 is 29.8 Å². The van der Waals surface area contributed by atoms with Crippen LogP contribution < -0.4 is 10.7 Å². The number of halogens is 1. The minimum atomic E-state index is -0.710. The van der Waals surface area contributed by atoms with Gasteiger partial charge in [-0.15, -0.1) is 11.6 Å². The SMILES string of the molecule is O=C(CCl)NC(=O)N/N=C/c1ccccc1. The Hall–Kier alpha value is -1.88. The van der Waals surface area contributed by atoms with Crippen molar-refractivity contribution in [2.45, 2.75) is 0 Å². The summed E-state index contributed by atoms with van der Waals surface area (Å²) in [4.78, 5) is 21.7. The number of benzene rings is 1. The lowest BCUT2D eigenvalue weighted by molar-refractivity contribution is -0.117. The van der Waals surface area contributed by atoms with Crippen molar-refractivity contribution in [3.05, 3.63) is 35.9 Å². The molecule has 0 bridgehead atoms. The van der Waals surface area contributed by atoms with Crippen LogP contribution >= 0.6 is 11.6 Å². The molecule has 0 aromatic heterocycles. The summed E-state index contributed by atoms with van der Waals surface area (Å²) in [5, 5.41) is 5.63. The van der Waals surface area contributed by atoms with E-state index < -0.39 is 11.9 Å². The van der Waals surface area contributed by atoms with Gasteiger partial charge in [0.2, 0.25) is 5.91 Å². The van der Waals surface area contributed by atoms with Gasteiger partial charge in [0.15, 0.2) is 0 Å². The summed E-state index contributed by atoms with van der Waals surface area (Å²) in [6, 6.07) is 8.51. The van der Waals surface area contributed by atoms with Gasteiger partial charge in [-0.1, -0.05) is 30.3 Å². The number of carbonyl (C=O) groups excluding carboxylic acids is 2. The fourth-order valence-corrected chi connectivity index (χ4v) is 0.959. The Labute approximate surface area is 97.5 Å². The van der Waals surface area contributed by atoms with Crippen LogP contribution in [-0.4, -0.2) is 24.0 Å². The van der Waals surface area contributed by atoms with Gasteiger partial charge < -0.3 is 0 Å². The molecule has 0 unspecified atom stereocenters. The lowest BCUT2D eigenvalue weighted by Gasteiger charge is -1.99. The molecule has 0 aliphatic heterocycles. The van der Waals surface area contributed by atoms with Crippen molar-refractivity contribution in [3.63, 3.8) is 0 Å². The highest BCUT2D eigenvalue weighted by molar-refractivity contribution is 6.28. The summed E-state index contributed by atoms with van der Waals surface area (Å²) >= 11 is 5.20. The van der Waals surface area contributed by atoms with Crippen molar-refractivity contribution in [1.29, 1.82) is 0 Å². The minimum absolute atomic E-state index is 0.268. The molecule has 1 aromatic carbocycles. The Morgan fingerprint density at radius 1 is 1.31 bits per heavy atom. The van der Waals surface area contributed by atoms with Gasteiger partial charge >= 0.3 is 6.03 Å². The summed E-state index contributed by atoms with van der Waals surface area (Å²) in [5.74, 6) is -0.843. The molecule has 0 saturated heterocycles. The van der Waals surface area contributed by atoms with E-state index in [0.29, 0.717) is 0 Å². The third-order valence-electron chi connectivity index (χ3n) is 1.55. The molecule has 0 atom stereocenters. The van der Waals surface area contributed by atoms with Crippen LogP contribution in [0.3, 0.4) is 0 Å². The standard InChI is InChI=1S/C10H10ClN3O2/c11-6-9(15)13-10(16)14-12-7-8-4-2-1-3-5-8/h1-5,7H,6H2,(H2,13,14,15,16)/b12-7+. The van der Waals surface area contributed by atoms with E-state index in [4.69, 9.17) is 11.6 Å². The van der Waals surface area contributed by atoms with E-state index in [0.717, 1.165) is 5.56 Å². The monoisotopic (exact) mass is 239 g/mol. The normalized spacial score (nSPS) is 10.1. The van der Waals surface area contributed by atoms with Crippen LogP contribution in [0.2, 0.25) is 0 Å². The maximum absolute atomic E-state index is 11.0. The van der Waals surface area contributed by atoms with Crippen LogP contribution in [-0.2, 0) is 4.79 Å². The zero-order valence-corrected chi connectivity index (χ0v) is 9.07. The van der Waals surface area contributed by atoms with Crippen LogP contribution in [0, 0.1) is 0 Å². The third-order valence-corrected chi connectivity index (χ3v) is 1.80. The van der Waals surface area contributed by atoms with Gasteiger partial charge in [0.05, 0.1) is 6.21 Å². The molecule has 0 spiro atoms. The number of hydrazone groups is 1. The van der Waals surface area contributed by atoms with Crippen LogP contribution in [0.15, 0.2) is 35.4 Å². The first-order valence-electron chi connectivity index (χ1n) is 4.46. The smallest absolute Gasteiger partial charge is 0.276 e. The molecule has 0 fully saturated rings. The van der Waals surface area contributed by atoms with Crippen LogP contribution in [0.1, 0.15) is 5.56 Å². The molecule has 5 nitrogen and oxygen atoms in total. The number of amides is 3. The first kappa shape index (κ1) is 12.2. The predicted molar refractivity (Wildman–Crippen MR) is 61.4 cm³/mol. The quantitative estimate of drug-likeness (QED) is 0.471. The van der Waals surface area contributed by atoms with Gasteiger partial charge in [0.25, 0.3) is 0 Å². The molecular weight excluding hydrogens is 230 g/mol. The van der Waals surface area contributed by atoms with E-state index in [1.165, 1.54) is 6.21 Å². The molecule has 1 aromatic rings. The molecule has 2 N–H and O–H groups in total. The van der Waals surface area contributed by atoms with E-state index in [1.807, 2.05) is 35.6 Å². The Bertz CT molecular complexity index is 392. The topological polar surface area (TPSA) is 70.6 Å². The average Bonchev–Trinajstić information content (AvgIpc) is 2.30. The van der Waals surface area contributed by atoms with Crippen molar-refractivity contribution in [3.8, 4) is 0 Å². The van der Waals surface area contributed by atoms with Crippen molar-refractivity contribution < 1.29 is 9.59 Å². The highest BCUT2D eigenvalue weighted by atomic mass is 35.5. The second-order valence-electron chi connectivity index (χ2n) is 2.79. The van der Waals surface area contributed by atoms with Gasteiger partial charge in [0, 0.05) is 0 Å². The molecular formula is C10H10ClN3O2. The molecule has 3 amide bonds. The number of hydrogen-bond acceptors (Lipinski definition) is 3. The second kappa shape index (κ2) is 6.58. The summed E-state index contributed by atoms with van der Waals surface area (Å²) in [6.07, 6.45) is 1.46. The fraction of sp³-hybridized carbons (Fsp3) is 0.100.